The fourth-order valence-corrected chi connectivity index (χ4v) is 4.50. The lowest BCUT2D eigenvalue weighted by Crippen LogP contribution is -2.33. The van der Waals surface area contributed by atoms with Crippen molar-refractivity contribution in [2.24, 2.45) is 5.92 Å². The number of amides is 1. The van der Waals surface area contributed by atoms with Gasteiger partial charge in [-0.3, -0.25) is 4.79 Å². The Morgan fingerprint density at radius 1 is 1.07 bits per heavy atom. The van der Waals surface area contributed by atoms with E-state index in [0.29, 0.717) is 26.1 Å². The van der Waals surface area contributed by atoms with Gasteiger partial charge in [-0.2, -0.15) is 0 Å². The van der Waals surface area contributed by atoms with E-state index in [1.807, 2.05) is 60.7 Å². The Morgan fingerprint density at radius 2 is 1.63 bits per heavy atom. The van der Waals surface area contributed by atoms with Crippen molar-refractivity contribution in [1.82, 2.24) is 9.62 Å². The van der Waals surface area contributed by atoms with Crippen LogP contribution in [-0.2, 0) is 14.8 Å². The summed E-state index contributed by atoms with van der Waals surface area (Å²) in [5.74, 6) is 0.171. The summed E-state index contributed by atoms with van der Waals surface area (Å²) in [7, 11) is -3.14. The Kier molecular flexibility index (Phi) is 6.29. The first kappa shape index (κ1) is 19.6. The van der Waals surface area contributed by atoms with E-state index >= 15 is 0 Å². The van der Waals surface area contributed by atoms with E-state index < -0.39 is 10.0 Å². The third-order valence-corrected chi connectivity index (χ3v) is 6.37. The number of carbonyl (C=O) groups is 1. The first-order chi connectivity index (χ1) is 12.9. The van der Waals surface area contributed by atoms with Gasteiger partial charge in [0.05, 0.1) is 6.26 Å². The first-order valence-corrected chi connectivity index (χ1v) is 11.1. The summed E-state index contributed by atoms with van der Waals surface area (Å²) in [5, 5.41) is 3.01. The molecule has 1 saturated heterocycles. The highest BCUT2D eigenvalue weighted by atomic mass is 32.2. The second-order valence-electron chi connectivity index (χ2n) is 7.16. The lowest BCUT2D eigenvalue weighted by molar-refractivity contribution is -0.121. The third-order valence-electron chi connectivity index (χ3n) is 5.10. The molecule has 1 heterocycles. The van der Waals surface area contributed by atoms with Crippen molar-refractivity contribution < 1.29 is 13.2 Å². The van der Waals surface area contributed by atoms with Gasteiger partial charge >= 0.3 is 0 Å². The van der Waals surface area contributed by atoms with Crippen LogP contribution in [0.3, 0.4) is 0 Å². The maximum absolute atomic E-state index is 12.6. The summed E-state index contributed by atoms with van der Waals surface area (Å²) in [5.41, 5.74) is 2.23. The van der Waals surface area contributed by atoms with Crippen molar-refractivity contribution in [3.8, 4) is 0 Å². The number of rotatable bonds is 7. The minimum absolute atomic E-state index is 0.00324. The van der Waals surface area contributed by atoms with E-state index in [1.54, 1.807) is 0 Å². The molecule has 1 aliphatic rings. The molecule has 0 radical (unpaired) electrons. The predicted molar refractivity (Wildman–Crippen MR) is 107 cm³/mol. The number of hydrogen-bond acceptors (Lipinski definition) is 3. The normalized spacial score (nSPS) is 17.9. The van der Waals surface area contributed by atoms with Gasteiger partial charge in [0.2, 0.25) is 15.9 Å². The lowest BCUT2D eigenvalue weighted by atomic mass is 9.88. The van der Waals surface area contributed by atoms with Crippen LogP contribution in [0.15, 0.2) is 60.7 Å². The van der Waals surface area contributed by atoms with Gasteiger partial charge in [0.1, 0.15) is 0 Å². The maximum Gasteiger partial charge on any atom is 0.220 e. The van der Waals surface area contributed by atoms with Gasteiger partial charge in [-0.15, -0.1) is 0 Å². The average Bonchev–Trinajstić information content (AvgIpc) is 3.15. The number of benzene rings is 2. The lowest BCUT2D eigenvalue weighted by Gasteiger charge is -2.19. The molecule has 27 heavy (non-hydrogen) atoms. The molecule has 0 bridgehead atoms. The van der Waals surface area contributed by atoms with Gasteiger partial charge < -0.3 is 5.32 Å². The van der Waals surface area contributed by atoms with E-state index in [-0.39, 0.29) is 17.7 Å². The highest BCUT2D eigenvalue weighted by molar-refractivity contribution is 7.88. The number of nitrogens with zero attached hydrogens (tertiary/aromatic N) is 1. The fraction of sp³-hybridized carbons (Fsp3) is 0.381. The van der Waals surface area contributed by atoms with Crippen molar-refractivity contribution in [2.75, 3.05) is 25.9 Å². The highest BCUT2D eigenvalue weighted by Crippen LogP contribution is 2.28. The van der Waals surface area contributed by atoms with Gasteiger partial charge in [-0.1, -0.05) is 60.7 Å². The summed E-state index contributed by atoms with van der Waals surface area (Å²) in [6.07, 6.45) is 2.39. The van der Waals surface area contributed by atoms with Gasteiger partial charge in [-0.25, -0.2) is 12.7 Å². The molecule has 3 rings (SSSR count). The molecular weight excluding hydrogens is 360 g/mol. The first-order valence-electron chi connectivity index (χ1n) is 9.25. The Balaban J connectivity index is 1.61. The fourth-order valence-electron chi connectivity index (χ4n) is 3.58. The second kappa shape index (κ2) is 8.67. The summed E-state index contributed by atoms with van der Waals surface area (Å²) in [4.78, 5) is 12.6. The van der Waals surface area contributed by atoms with Gasteiger partial charge in [-0.05, 0) is 23.5 Å². The molecule has 5 nitrogen and oxygen atoms in total. The summed E-state index contributed by atoms with van der Waals surface area (Å²) < 4.78 is 24.7. The molecule has 1 fully saturated rings. The van der Waals surface area contributed by atoms with Crippen molar-refractivity contribution in [3.63, 3.8) is 0 Å². The number of nitrogens with one attached hydrogen (secondary N) is 1. The molecule has 0 saturated carbocycles. The molecule has 1 N–H and O–H groups in total. The molecular formula is C21H26N2O3S. The number of sulfonamides is 1. The topological polar surface area (TPSA) is 66.5 Å². The van der Waals surface area contributed by atoms with Crippen LogP contribution < -0.4 is 5.32 Å². The quantitative estimate of drug-likeness (QED) is 0.795. The van der Waals surface area contributed by atoms with Crippen molar-refractivity contribution in [1.29, 1.82) is 0 Å². The molecule has 144 valence electrons. The molecule has 0 spiro atoms. The van der Waals surface area contributed by atoms with E-state index in [4.69, 9.17) is 0 Å². The van der Waals surface area contributed by atoms with Crippen LogP contribution in [0, 0.1) is 5.92 Å². The molecule has 2 aromatic carbocycles. The van der Waals surface area contributed by atoms with Crippen LogP contribution in [0.4, 0.5) is 0 Å². The molecule has 1 atom stereocenters. The van der Waals surface area contributed by atoms with Gasteiger partial charge in [0.25, 0.3) is 0 Å². The molecule has 6 heteroatoms. The van der Waals surface area contributed by atoms with E-state index in [0.717, 1.165) is 17.5 Å². The third kappa shape index (κ3) is 5.40. The molecule has 0 aliphatic carbocycles. The smallest absolute Gasteiger partial charge is 0.220 e. The Morgan fingerprint density at radius 3 is 2.11 bits per heavy atom. The van der Waals surface area contributed by atoms with Crippen molar-refractivity contribution in [2.45, 2.75) is 18.8 Å². The zero-order chi connectivity index (χ0) is 19.3. The Labute approximate surface area is 161 Å². The molecule has 1 amide bonds. The van der Waals surface area contributed by atoms with Crippen LogP contribution in [0.2, 0.25) is 0 Å². The second-order valence-corrected chi connectivity index (χ2v) is 9.14. The molecule has 1 aliphatic heterocycles. The molecule has 1 unspecified atom stereocenters. The van der Waals surface area contributed by atoms with E-state index in [1.165, 1.54) is 10.6 Å². The standard InChI is InChI=1S/C21H26N2O3S/c1-27(25,26)23-13-12-17(16-23)15-22-21(24)14-20(18-8-4-2-5-9-18)19-10-6-3-7-11-19/h2-11,17,20H,12-16H2,1H3,(H,22,24). The van der Waals surface area contributed by atoms with E-state index in [2.05, 4.69) is 5.32 Å². The van der Waals surface area contributed by atoms with Crippen LogP contribution in [0.1, 0.15) is 29.9 Å². The summed E-state index contributed by atoms with van der Waals surface area (Å²) in [6.45, 7) is 1.54. The van der Waals surface area contributed by atoms with Crippen LogP contribution in [0.5, 0.6) is 0 Å². The summed E-state index contributed by atoms with van der Waals surface area (Å²) >= 11 is 0. The zero-order valence-electron chi connectivity index (χ0n) is 15.5. The summed E-state index contributed by atoms with van der Waals surface area (Å²) in [6, 6.07) is 20.1. The monoisotopic (exact) mass is 386 g/mol. The van der Waals surface area contributed by atoms with E-state index in [9.17, 15) is 13.2 Å². The SMILES string of the molecule is CS(=O)(=O)N1CCC(CNC(=O)CC(c2ccccc2)c2ccccc2)C1. The molecule has 2 aromatic rings. The van der Waals surface area contributed by atoms with Crippen LogP contribution >= 0.6 is 0 Å². The predicted octanol–water partition coefficient (Wildman–Crippen LogP) is 2.61. The number of hydrogen-bond donors (Lipinski definition) is 1. The zero-order valence-corrected chi connectivity index (χ0v) is 16.4. The Hall–Kier alpha value is -2.18. The van der Waals surface area contributed by atoms with Crippen molar-refractivity contribution >= 4 is 15.9 Å². The minimum atomic E-state index is -3.14. The van der Waals surface area contributed by atoms with Gasteiger partial charge in [0, 0.05) is 32.0 Å². The van der Waals surface area contributed by atoms with Crippen LogP contribution in [0.25, 0.3) is 0 Å². The highest BCUT2D eigenvalue weighted by Gasteiger charge is 2.28. The minimum Gasteiger partial charge on any atom is -0.356 e. The molecule has 0 aromatic heterocycles. The van der Waals surface area contributed by atoms with Gasteiger partial charge in [0.15, 0.2) is 0 Å². The largest absolute Gasteiger partial charge is 0.356 e. The van der Waals surface area contributed by atoms with Crippen molar-refractivity contribution in [3.05, 3.63) is 71.8 Å². The maximum atomic E-state index is 12.6. The average molecular weight is 387 g/mol. The number of carbonyl (C=O) groups excluding carboxylic acids is 1. The van der Waals surface area contributed by atoms with Crippen LogP contribution in [-0.4, -0.2) is 44.5 Å². The Bertz CT molecular complexity index is 814.